The van der Waals surface area contributed by atoms with Gasteiger partial charge in [-0.3, -0.25) is 5.41 Å². The molecule has 4 heteroatoms. The third-order valence-corrected chi connectivity index (χ3v) is 3.24. The van der Waals surface area contributed by atoms with Gasteiger partial charge in [0.25, 0.3) is 0 Å². The molecule has 0 aliphatic rings. The monoisotopic (exact) mass is 237 g/mol. The Kier molecular flexibility index (Phi) is 4.68. The quantitative estimate of drug-likeness (QED) is 0.470. The minimum atomic E-state index is 0.142. The van der Waals surface area contributed by atoms with E-state index in [9.17, 15) is 0 Å². The van der Waals surface area contributed by atoms with Crippen LogP contribution >= 0.6 is 11.8 Å². The number of nitrogens with one attached hydrogen (secondary N) is 1. The van der Waals surface area contributed by atoms with Crippen molar-refractivity contribution in [1.82, 2.24) is 0 Å². The highest BCUT2D eigenvalue weighted by molar-refractivity contribution is 7.98. The summed E-state index contributed by atoms with van der Waals surface area (Å²) in [6.45, 7) is 3.11. The highest BCUT2D eigenvalue weighted by Gasteiger charge is 2.13. The van der Waals surface area contributed by atoms with Crippen LogP contribution in [0.2, 0.25) is 0 Å². The molecule has 0 aromatic heterocycles. The van der Waals surface area contributed by atoms with Gasteiger partial charge in [-0.1, -0.05) is 13.0 Å². The molecule has 0 unspecified atom stereocenters. The molecule has 88 valence electrons. The molecule has 0 aliphatic heterocycles. The molecule has 0 atom stereocenters. The topological polar surface area (TPSA) is 53.1 Å². The lowest BCUT2D eigenvalue weighted by Crippen LogP contribution is -2.23. The predicted octanol–water partition coefficient (Wildman–Crippen LogP) is 2.54. The Balaban J connectivity index is 3.21. The van der Waals surface area contributed by atoms with Gasteiger partial charge < -0.3 is 10.6 Å². The van der Waals surface area contributed by atoms with Crippen molar-refractivity contribution in [2.45, 2.75) is 18.2 Å². The number of thioether (sulfide) groups is 1. The maximum absolute atomic E-state index is 7.68. The molecule has 1 aromatic rings. The second-order valence-electron chi connectivity index (χ2n) is 3.69. The van der Waals surface area contributed by atoms with Crippen molar-refractivity contribution in [2.24, 2.45) is 5.73 Å². The molecule has 3 nitrogen and oxygen atoms in total. The van der Waals surface area contributed by atoms with Gasteiger partial charge in [-0.2, -0.15) is 0 Å². The smallest absolute Gasteiger partial charge is 0.126 e. The molecule has 0 saturated heterocycles. The Labute approximate surface area is 102 Å². The molecular weight excluding hydrogens is 218 g/mol. The summed E-state index contributed by atoms with van der Waals surface area (Å²) in [5.41, 5.74) is 7.56. The third kappa shape index (κ3) is 2.70. The number of nitrogen functional groups attached to an aromatic ring is 1. The third-order valence-electron chi connectivity index (χ3n) is 2.46. The first-order chi connectivity index (χ1) is 7.61. The van der Waals surface area contributed by atoms with Gasteiger partial charge in [0.2, 0.25) is 0 Å². The van der Waals surface area contributed by atoms with E-state index >= 15 is 0 Å². The Bertz CT molecular complexity index is 377. The fourth-order valence-electron chi connectivity index (χ4n) is 1.73. The van der Waals surface area contributed by atoms with Crippen LogP contribution in [0.25, 0.3) is 0 Å². The molecule has 0 amide bonds. The lowest BCUT2D eigenvalue weighted by atomic mass is 10.1. The summed E-state index contributed by atoms with van der Waals surface area (Å²) in [5.74, 6) is 0.142. The standard InChI is InChI=1S/C12H19N3S/c1-4-8-15(2)9-6-5-7-10(16-3)11(9)12(13)14/h5-7H,4,8H2,1-3H3,(H3,13,14). The minimum absolute atomic E-state index is 0.142. The minimum Gasteiger partial charge on any atom is -0.384 e. The van der Waals surface area contributed by atoms with E-state index in [2.05, 4.69) is 11.8 Å². The lowest BCUT2D eigenvalue weighted by Gasteiger charge is -2.22. The van der Waals surface area contributed by atoms with Crippen molar-refractivity contribution in [1.29, 1.82) is 5.41 Å². The maximum atomic E-state index is 7.68. The van der Waals surface area contributed by atoms with Crippen LogP contribution in [-0.2, 0) is 0 Å². The second-order valence-corrected chi connectivity index (χ2v) is 4.54. The van der Waals surface area contributed by atoms with E-state index in [1.165, 1.54) is 0 Å². The summed E-state index contributed by atoms with van der Waals surface area (Å²) >= 11 is 1.63. The van der Waals surface area contributed by atoms with Crippen molar-refractivity contribution in [3.05, 3.63) is 23.8 Å². The SMILES string of the molecule is CCCN(C)c1cccc(SC)c1C(=N)N. The molecule has 1 aromatic carbocycles. The van der Waals surface area contributed by atoms with Gasteiger partial charge in [-0.05, 0) is 24.8 Å². The molecular formula is C12H19N3S. The van der Waals surface area contributed by atoms with Gasteiger partial charge in [-0.15, -0.1) is 11.8 Å². The van der Waals surface area contributed by atoms with E-state index in [4.69, 9.17) is 11.1 Å². The summed E-state index contributed by atoms with van der Waals surface area (Å²) in [6.07, 6.45) is 3.09. The second kappa shape index (κ2) is 5.80. The zero-order chi connectivity index (χ0) is 12.1. The molecule has 3 N–H and O–H groups in total. The van der Waals surface area contributed by atoms with Crippen LogP contribution in [0.3, 0.4) is 0 Å². The number of hydrogen-bond donors (Lipinski definition) is 2. The summed E-state index contributed by atoms with van der Waals surface area (Å²) in [4.78, 5) is 3.21. The van der Waals surface area contributed by atoms with E-state index in [-0.39, 0.29) is 5.84 Å². The zero-order valence-electron chi connectivity index (χ0n) is 10.1. The Morgan fingerprint density at radius 1 is 1.50 bits per heavy atom. The van der Waals surface area contributed by atoms with Crippen LogP contribution in [0, 0.1) is 5.41 Å². The van der Waals surface area contributed by atoms with Gasteiger partial charge in [0.15, 0.2) is 0 Å². The van der Waals surface area contributed by atoms with Gasteiger partial charge in [0, 0.05) is 24.2 Å². The maximum Gasteiger partial charge on any atom is 0.126 e. The van der Waals surface area contributed by atoms with Gasteiger partial charge in [0.05, 0.1) is 5.56 Å². The van der Waals surface area contributed by atoms with Crippen molar-refractivity contribution in [3.8, 4) is 0 Å². The number of hydrogen-bond acceptors (Lipinski definition) is 3. The summed E-state index contributed by atoms with van der Waals surface area (Å²) < 4.78 is 0. The van der Waals surface area contributed by atoms with Crippen LogP contribution in [0.15, 0.2) is 23.1 Å². The number of anilines is 1. The van der Waals surface area contributed by atoms with Crippen LogP contribution in [0.5, 0.6) is 0 Å². The van der Waals surface area contributed by atoms with E-state index in [0.717, 1.165) is 29.1 Å². The van der Waals surface area contributed by atoms with Crippen LogP contribution in [-0.4, -0.2) is 25.7 Å². The first-order valence-electron chi connectivity index (χ1n) is 5.34. The van der Waals surface area contributed by atoms with Crippen LogP contribution in [0.1, 0.15) is 18.9 Å². The number of benzene rings is 1. The van der Waals surface area contributed by atoms with Crippen molar-refractivity contribution < 1.29 is 0 Å². The molecule has 0 heterocycles. The first-order valence-corrected chi connectivity index (χ1v) is 6.56. The molecule has 16 heavy (non-hydrogen) atoms. The Morgan fingerprint density at radius 2 is 2.19 bits per heavy atom. The van der Waals surface area contributed by atoms with E-state index in [1.807, 2.05) is 31.5 Å². The Hall–Kier alpha value is -1.16. The van der Waals surface area contributed by atoms with Crippen molar-refractivity contribution >= 4 is 23.3 Å². The van der Waals surface area contributed by atoms with Gasteiger partial charge >= 0.3 is 0 Å². The van der Waals surface area contributed by atoms with Crippen LogP contribution < -0.4 is 10.6 Å². The fourth-order valence-corrected chi connectivity index (χ4v) is 2.37. The molecule has 0 aliphatic carbocycles. The highest BCUT2D eigenvalue weighted by atomic mass is 32.2. The number of amidine groups is 1. The van der Waals surface area contributed by atoms with Crippen molar-refractivity contribution in [3.63, 3.8) is 0 Å². The summed E-state index contributed by atoms with van der Waals surface area (Å²) in [6, 6.07) is 6.04. The van der Waals surface area contributed by atoms with Gasteiger partial charge in [0.1, 0.15) is 5.84 Å². The fraction of sp³-hybridized carbons (Fsp3) is 0.417. The molecule has 0 radical (unpaired) electrons. The number of rotatable bonds is 5. The Morgan fingerprint density at radius 3 is 2.69 bits per heavy atom. The lowest BCUT2D eigenvalue weighted by molar-refractivity contribution is 0.849. The molecule has 0 spiro atoms. The largest absolute Gasteiger partial charge is 0.384 e. The molecule has 1 rings (SSSR count). The van der Waals surface area contributed by atoms with Crippen molar-refractivity contribution in [2.75, 3.05) is 24.7 Å². The van der Waals surface area contributed by atoms with E-state index < -0.39 is 0 Å². The average molecular weight is 237 g/mol. The number of nitrogens with zero attached hydrogens (tertiary/aromatic N) is 1. The highest BCUT2D eigenvalue weighted by Crippen LogP contribution is 2.28. The summed E-state index contributed by atoms with van der Waals surface area (Å²) in [7, 11) is 2.04. The predicted molar refractivity (Wildman–Crippen MR) is 72.8 cm³/mol. The van der Waals surface area contributed by atoms with Gasteiger partial charge in [-0.25, -0.2) is 0 Å². The zero-order valence-corrected chi connectivity index (χ0v) is 10.9. The average Bonchev–Trinajstić information content (AvgIpc) is 2.28. The summed E-state index contributed by atoms with van der Waals surface area (Å²) in [5, 5.41) is 7.68. The molecule has 0 fully saturated rings. The van der Waals surface area contributed by atoms with E-state index in [1.54, 1.807) is 11.8 Å². The van der Waals surface area contributed by atoms with Crippen LogP contribution in [0.4, 0.5) is 5.69 Å². The first kappa shape index (κ1) is 12.9. The normalized spacial score (nSPS) is 10.2. The molecule has 0 bridgehead atoms. The number of nitrogens with two attached hydrogens (primary N) is 1. The molecule has 0 saturated carbocycles. The van der Waals surface area contributed by atoms with E-state index in [0.29, 0.717) is 0 Å².